The molecule has 0 spiro atoms. The third kappa shape index (κ3) is 4.20. The quantitative estimate of drug-likeness (QED) is 0.887. The van der Waals surface area contributed by atoms with Gasteiger partial charge < -0.3 is 15.6 Å². The van der Waals surface area contributed by atoms with Crippen LogP contribution < -0.4 is 11.1 Å². The Balaban J connectivity index is 1.95. The molecule has 0 radical (unpaired) electrons. The van der Waals surface area contributed by atoms with Gasteiger partial charge in [-0.05, 0) is 36.6 Å². The summed E-state index contributed by atoms with van der Waals surface area (Å²) in [5, 5.41) is 2.89. The Bertz CT molecular complexity index is 599. The standard InChI is InChI=1S/C17H23N3O/c1-12(2)17(18)14-8-9-20(10-14)11-16(21)19-15-6-4-13(3)5-7-15/h4-10,12,17H,11,18H2,1-3H3,(H,19,21). The average molecular weight is 285 g/mol. The molecule has 1 aromatic carbocycles. The number of anilines is 1. The number of hydrogen-bond donors (Lipinski definition) is 2. The van der Waals surface area contributed by atoms with Crippen molar-refractivity contribution in [2.45, 2.75) is 33.4 Å². The number of nitrogens with zero attached hydrogens (tertiary/aromatic N) is 1. The molecule has 21 heavy (non-hydrogen) atoms. The summed E-state index contributed by atoms with van der Waals surface area (Å²) in [6.07, 6.45) is 3.84. The van der Waals surface area contributed by atoms with Crippen LogP contribution >= 0.6 is 0 Å². The lowest BCUT2D eigenvalue weighted by atomic mass is 10.00. The minimum atomic E-state index is -0.0425. The largest absolute Gasteiger partial charge is 0.345 e. The Morgan fingerprint density at radius 1 is 1.24 bits per heavy atom. The van der Waals surface area contributed by atoms with Crippen molar-refractivity contribution in [1.29, 1.82) is 0 Å². The number of nitrogens with one attached hydrogen (secondary N) is 1. The van der Waals surface area contributed by atoms with Gasteiger partial charge in [-0.15, -0.1) is 0 Å². The van der Waals surface area contributed by atoms with E-state index in [-0.39, 0.29) is 11.9 Å². The van der Waals surface area contributed by atoms with Crippen molar-refractivity contribution >= 4 is 11.6 Å². The summed E-state index contributed by atoms with van der Waals surface area (Å²) in [7, 11) is 0. The summed E-state index contributed by atoms with van der Waals surface area (Å²) in [6, 6.07) is 9.75. The molecule has 0 saturated carbocycles. The highest BCUT2D eigenvalue weighted by molar-refractivity contribution is 5.90. The third-order valence-electron chi connectivity index (χ3n) is 3.54. The second kappa shape index (κ2) is 6.59. The Hall–Kier alpha value is -2.07. The minimum absolute atomic E-state index is 0.00593. The van der Waals surface area contributed by atoms with Gasteiger partial charge in [0.2, 0.25) is 5.91 Å². The summed E-state index contributed by atoms with van der Waals surface area (Å²) in [5.74, 6) is 0.335. The minimum Gasteiger partial charge on any atom is -0.345 e. The van der Waals surface area contributed by atoms with E-state index in [0.29, 0.717) is 12.5 Å². The zero-order valence-electron chi connectivity index (χ0n) is 12.8. The van der Waals surface area contributed by atoms with Crippen LogP contribution in [0.5, 0.6) is 0 Å². The SMILES string of the molecule is Cc1ccc(NC(=O)Cn2ccc(C(N)C(C)C)c2)cc1. The maximum atomic E-state index is 12.0. The van der Waals surface area contributed by atoms with E-state index >= 15 is 0 Å². The highest BCUT2D eigenvalue weighted by Gasteiger charge is 2.12. The molecule has 3 N–H and O–H groups in total. The topological polar surface area (TPSA) is 60.0 Å². The van der Waals surface area contributed by atoms with Crippen LogP contribution in [0.2, 0.25) is 0 Å². The lowest BCUT2D eigenvalue weighted by Crippen LogP contribution is -2.18. The first-order chi connectivity index (χ1) is 9.95. The molecule has 0 aliphatic rings. The number of amides is 1. The van der Waals surface area contributed by atoms with Crippen LogP contribution in [0, 0.1) is 12.8 Å². The van der Waals surface area contributed by atoms with Crippen LogP contribution in [0.15, 0.2) is 42.7 Å². The van der Waals surface area contributed by atoms with Crippen LogP contribution in [0.3, 0.4) is 0 Å². The van der Waals surface area contributed by atoms with Gasteiger partial charge in [0, 0.05) is 24.1 Å². The lowest BCUT2D eigenvalue weighted by Gasteiger charge is -2.13. The van der Waals surface area contributed by atoms with E-state index in [2.05, 4.69) is 19.2 Å². The van der Waals surface area contributed by atoms with Gasteiger partial charge in [-0.2, -0.15) is 0 Å². The Morgan fingerprint density at radius 2 is 1.90 bits per heavy atom. The molecule has 2 aromatic rings. The van der Waals surface area contributed by atoms with Crippen LogP contribution in [0.25, 0.3) is 0 Å². The van der Waals surface area contributed by atoms with Gasteiger partial charge in [0.15, 0.2) is 0 Å². The summed E-state index contributed by atoms with van der Waals surface area (Å²) < 4.78 is 1.86. The summed E-state index contributed by atoms with van der Waals surface area (Å²) >= 11 is 0. The molecule has 0 aliphatic heterocycles. The molecule has 1 heterocycles. The number of aromatic nitrogens is 1. The van der Waals surface area contributed by atoms with Gasteiger partial charge in [-0.3, -0.25) is 4.79 Å². The average Bonchev–Trinajstić information content (AvgIpc) is 2.88. The molecular weight excluding hydrogens is 262 g/mol. The fourth-order valence-electron chi connectivity index (χ4n) is 2.14. The van der Waals surface area contributed by atoms with E-state index in [9.17, 15) is 4.79 Å². The molecule has 0 fully saturated rings. The zero-order chi connectivity index (χ0) is 15.4. The van der Waals surface area contributed by atoms with Crippen molar-refractivity contribution in [2.24, 2.45) is 11.7 Å². The van der Waals surface area contributed by atoms with Gasteiger partial charge in [-0.25, -0.2) is 0 Å². The molecule has 0 aliphatic carbocycles. The number of carbonyl (C=O) groups excluding carboxylic acids is 1. The molecule has 4 nitrogen and oxygen atoms in total. The Morgan fingerprint density at radius 3 is 2.52 bits per heavy atom. The van der Waals surface area contributed by atoms with Crippen molar-refractivity contribution in [2.75, 3.05) is 5.32 Å². The molecule has 112 valence electrons. The van der Waals surface area contributed by atoms with E-state index in [1.54, 1.807) is 0 Å². The van der Waals surface area contributed by atoms with Gasteiger partial charge in [-0.1, -0.05) is 31.5 Å². The van der Waals surface area contributed by atoms with Crippen LogP contribution in [-0.2, 0) is 11.3 Å². The van der Waals surface area contributed by atoms with E-state index in [1.807, 2.05) is 54.2 Å². The van der Waals surface area contributed by atoms with Gasteiger partial charge >= 0.3 is 0 Å². The van der Waals surface area contributed by atoms with E-state index in [0.717, 1.165) is 11.3 Å². The summed E-state index contributed by atoms with van der Waals surface area (Å²) in [6.45, 7) is 6.49. The number of aryl methyl sites for hydroxylation is 1. The Labute approximate surface area is 126 Å². The second-order valence-corrected chi connectivity index (χ2v) is 5.80. The van der Waals surface area contributed by atoms with Crippen LogP contribution in [-0.4, -0.2) is 10.5 Å². The fourth-order valence-corrected chi connectivity index (χ4v) is 2.14. The highest BCUT2D eigenvalue weighted by Crippen LogP contribution is 2.19. The van der Waals surface area contributed by atoms with Crippen molar-refractivity contribution in [3.8, 4) is 0 Å². The van der Waals surface area contributed by atoms with Crippen LogP contribution in [0.1, 0.15) is 31.0 Å². The number of benzene rings is 1. The smallest absolute Gasteiger partial charge is 0.244 e. The van der Waals surface area contributed by atoms with Crippen molar-refractivity contribution in [1.82, 2.24) is 4.57 Å². The summed E-state index contributed by atoms with van der Waals surface area (Å²) in [5.41, 5.74) is 9.16. The van der Waals surface area contributed by atoms with Gasteiger partial charge in [0.25, 0.3) is 0 Å². The molecule has 1 unspecified atom stereocenters. The number of hydrogen-bond acceptors (Lipinski definition) is 2. The summed E-state index contributed by atoms with van der Waals surface area (Å²) in [4.78, 5) is 12.0. The van der Waals surface area contributed by atoms with Crippen LogP contribution in [0.4, 0.5) is 5.69 Å². The highest BCUT2D eigenvalue weighted by atomic mass is 16.1. The molecule has 0 saturated heterocycles. The first-order valence-corrected chi connectivity index (χ1v) is 7.23. The number of nitrogens with two attached hydrogens (primary N) is 1. The zero-order valence-corrected chi connectivity index (χ0v) is 12.8. The normalized spacial score (nSPS) is 12.4. The maximum Gasteiger partial charge on any atom is 0.244 e. The third-order valence-corrected chi connectivity index (χ3v) is 3.54. The predicted molar refractivity (Wildman–Crippen MR) is 86.0 cm³/mol. The van der Waals surface area contributed by atoms with E-state index in [1.165, 1.54) is 5.56 Å². The molecule has 1 aromatic heterocycles. The van der Waals surface area contributed by atoms with E-state index in [4.69, 9.17) is 5.73 Å². The van der Waals surface area contributed by atoms with Gasteiger partial charge in [0.05, 0.1) is 0 Å². The van der Waals surface area contributed by atoms with Crippen molar-refractivity contribution in [3.63, 3.8) is 0 Å². The second-order valence-electron chi connectivity index (χ2n) is 5.80. The van der Waals surface area contributed by atoms with E-state index < -0.39 is 0 Å². The first-order valence-electron chi connectivity index (χ1n) is 7.23. The molecule has 1 atom stereocenters. The van der Waals surface area contributed by atoms with Gasteiger partial charge in [0.1, 0.15) is 6.54 Å². The van der Waals surface area contributed by atoms with Crippen molar-refractivity contribution in [3.05, 3.63) is 53.9 Å². The number of carbonyl (C=O) groups is 1. The molecule has 4 heteroatoms. The molecular formula is C17H23N3O. The molecule has 1 amide bonds. The Kier molecular flexibility index (Phi) is 4.81. The molecule has 2 rings (SSSR count). The fraction of sp³-hybridized carbons (Fsp3) is 0.353. The lowest BCUT2D eigenvalue weighted by molar-refractivity contribution is -0.116. The maximum absolute atomic E-state index is 12.0. The van der Waals surface area contributed by atoms with Crippen molar-refractivity contribution < 1.29 is 4.79 Å². The predicted octanol–water partition coefficient (Wildman–Crippen LogP) is 3.09. The number of rotatable bonds is 5. The molecule has 0 bridgehead atoms. The first kappa shape index (κ1) is 15.3. The monoisotopic (exact) mass is 285 g/mol.